The standard InChI is InChI=1S/C13H22O2/c14-9-10-15-13-8-4-6-11-5-2-1-3-7-12(11)13/h6,12-14H,1-5,7-10H2/t12-,13+/m1/s1. The van der Waals surface area contributed by atoms with Gasteiger partial charge in [0.1, 0.15) is 0 Å². The fourth-order valence-corrected chi connectivity index (χ4v) is 2.96. The molecule has 2 aliphatic carbocycles. The van der Waals surface area contributed by atoms with Crippen molar-refractivity contribution in [3.05, 3.63) is 11.6 Å². The molecule has 15 heavy (non-hydrogen) atoms. The van der Waals surface area contributed by atoms with E-state index in [0.29, 0.717) is 18.6 Å². The molecule has 0 saturated heterocycles. The van der Waals surface area contributed by atoms with E-state index in [1.165, 1.54) is 38.5 Å². The first kappa shape index (κ1) is 11.2. The fraction of sp³-hybridized carbons (Fsp3) is 0.846. The molecule has 2 aliphatic rings. The molecule has 0 unspecified atom stereocenters. The van der Waals surface area contributed by atoms with Crippen LogP contribution in [-0.4, -0.2) is 24.4 Å². The van der Waals surface area contributed by atoms with Crippen LogP contribution in [0.25, 0.3) is 0 Å². The van der Waals surface area contributed by atoms with Crippen LogP contribution in [0.3, 0.4) is 0 Å². The number of hydrogen-bond donors (Lipinski definition) is 1. The van der Waals surface area contributed by atoms with Crippen LogP contribution in [0.2, 0.25) is 0 Å². The monoisotopic (exact) mass is 210 g/mol. The summed E-state index contributed by atoms with van der Waals surface area (Å²) in [4.78, 5) is 0. The zero-order valence-corrected chi connectivity index (χ0v) is 9.45. The molecule has 0 amide bonds. The quantitative estimate of drug-likeness (QED) is 0.726. The summed E-state index contributed by atoms with van der Waals surface area (Å²) >= 11 is 0. The van der Waals surface area contributed by atoms with Crippen LogP contribution in [0.5, 0.6) is 0 Å². The lowest BCUT2D eigenvalue weighted by molar-refractivity contribution is -0.00640. The predicted molar refractivity (Wildman–Crippen MR) is 60.7 cm³/mol. The van der Waals surface area contributed by atoms with Gasteiger partial charge < -0.3 is 9.84 Å². The summed E-state index contributed by atoms with van der Waals surface area (Å²) in [5.74, 6) is 0.660. The molecule has 2 heteroatoms. The number of rotatable bonds is 3. The van der Waals surface area contributed by atoms with Gasteiger partial charge in [0.25, 0.3) is 0 Å². The van der Waals surface area contributed by atoms with Crippen LogP contribution >= 0.6 is 0 Å². The number of hydrogen-bond acceptors (Lipinski definition) is 2. The van der Waals surface area contributed by atoms with Crippen molar-refractivity contribution in [3.63, 3.8) is 0 Å². The van der Waals surface area contributed by atoms with Gasteiger partial charge in [-0.05, 0) is 32.1 Å². The molecule has 2 rings (SSSR count). The summed E-state index contributed by atoms with van der Waals surface area (Å²) in [5.41, 5.74) is 1.64. The van der Waals surface area contributed by atoms with E-state index in [9.17, 15) is 0 Å². The van der Waals surface area contributed by atoms with Gasteiger partial charge in [0.15, 0.2) is 0 Å². The second kappa shape index (κ2) is 5.66. The first-order valence-electron chi connectivity index (χ1n) is 6.33. The van der Waals surface area contributed by atoms with E-state index in [1.807, 2.05) is 0 Å². The lowest BCUT2D eigenvalue weighted by atomic mass is 9.82. The van der Waals surface area contributed by atoms with E-state index in [-0.39, 0.29) is 6.61 Å². The third-order valence-electron chi connectivity index (χ3n) is 3.69. The third-order valence-corrected chi connectivity index (χ3v) is 3.69. The maximum absolute atomic E-state index is 8.81. The van der Waals surface area contributed by atoms with Crippen molar-refractivity contribution < 1.29 is 9.84 Å². The van der Waals surface area contributed by atoms with Crippen molar-refractivity contribution in [1.82, 2.24) is 0 Å². The molecule has 1 saturated carbocycles. The Morgan fingerprint density at radius 1 is 1.27 bits per heavy atom. The van der Waals surface area contributed by atoms with Crippen molar-refractivity contribution in [1.29, 1.82) is 0 Å². The average Bonchev–Trinajstić information content (AvgIpc) is 2.51. The second-order valence-corrected chi connectivity index (χ2v) is 4.70. The Labute approximate surface area is 92.3 Å². The van der Waals surface area contributed by atoms with E-state index < -0.39 is 0 Å². The molecular weight excluding hydrogens is 188 g/mol. The first-order valence-corrected chi connectivity index (χ1v) is 6.33. The van der Waals surface area contributed by atoms with Crippen molar-refractivity contribution in [2.75, 3.05) is 13.2 Å². The lowest BCUT2D eigenvalue weighted by Crippen LogP contribution is -2.29. The van der Waals surface area contributed by atoms with E-state index in [4.69, 9.17) is 9.84 Å². The highest BCUT2D eigenvalue weighted by atomic mass is 16.5. The van der Waals surface area contributed by atoms with E-state index in [1.54, 1.807) is 5.57 Å². The second-order valence-electron chi connectivity index (χ2n) is 4.70. The Balaban J connectivity index is 1.98. The minimum absolute atomic E-state index is 0.155. The van der Waals surface area contributed by atoms with Gasteiger partial charge >= 0.3 is 0 Å². The highest BCUT2D eigenvalue weighted by molar-refractivity contribution is 5.13. The summed E-state index contributed by atoms with van der Waals surface area (Å²) < 4.78 is 5.77. The molecule has 1 N–H and O–H groups in total. The van der Waals surface area contributed by atoms with Crippen molar-refractivity contribution >= 4 is 0 Å². The smallest absolute Gasteiger partial charge is 0.0701 e. The van der Waals surface area contributed by atoms with Crippen molar-refractivity contribution in [2.24, 2.45) is 5.92 Å². The summed E-state index contributed by atoms with van der Waals surface area (Å²) in [6.45, 7) is 0.663. The number of allylic oxidation sites excluding steroid dienone is 1. The minimum atomic E-state index is 0.155. The van der Waals surface area contributed by atoms with Crippen LogP contribution < -0.4 is 0 Å². The predicted octanol–water partition coefficient (Wildman–Crippen LogP) is 2.66. The largest absolute Gasteiger partial charge is 0.394 e. The van der Waals surface area contributed by atoms with Crippen LogP contribution in [-0.2, 0) is 4.74 Å². The number of fused-ring (bicyclic) bond motifs is 1. The molecule has 0 spiro atoms. The van der Waals surface area contributed by atoms with Gasteiger partial charge in [-0.15, -0.1) is 0 Å². The van der Waals surface area contributed by atoms with Gasteiger partial charge in [0.2, 0.25) is 0 Å². The molecule has 0 aromatic rings. The molecule has 0 radical (unpaired) electrons. The van der Waals surface area contributed by atoms with Crippen molar-refractivity contribution in [2.45, 2.75) is 51.0 Å². The summed E-state index contributed by atoms with van der Waals surface area (Å²) in [7, 11) is 0. The van der Waals surface area contributed by atoms with Crippen LogP contribution in [0.1, 0.15) is 44.9 Å². The van der Waals surface area contributed by atoms with Gasteiger partial charge in [0, 0.05) is 5.92 Å². The normalized spacial score (nSPS) is 31.7. The molecule has 2 nitrogen and oxygen atoms in total. The van der Waals surface area contributed by atoms with Gasteiger partial charge in [-0.25, -0.2) is 0 Å². The zero-order chi connectivity index (χ0) is 10.5. The number of aliphatic hydroxyl groups is 1. The Bertz CT molecular complexity index is 223. The average molecular weight is 210 g/mol. The summed E-state index contributed by atoms with van der Waals surface area (Å²) in [6, 6.07) is 0. The van der Waals surface area contributed by atoms with Crippen molar-refractivity contribution in [3.8, 4) is 0 Å². The Kier molecular flexibility index (Phi) is 4.21. The van der Waals surface area contributed by atoms with Crippen LogP contribution in [0, 0.1) is 5.92 Å². The van der Waals surface area contributed by atoms with Crippen LogP contribution in [0.15, 0.2) is 11.6 Å². The van der Waals surface area contributed by atoms with E-state index >= 15 is 0 Å². The van der Waals surface area contributed by atoms with Crippen LogP contribution in [0.4, 0.5) is 0 Å². The molecule has 0 aromatic carbocycles. The molecule has 1 fully saturated rings. The highest BCUT2D eigenvalue weighted by Gasteiger charge is 2.28. The van der Waals surface area contributed by atoms with Gasteiger partial charge in [0.05, 0.1) is 19.3 Å². The van der Waals surface area contributed by atoms with Gasteiger partial charge in [-0.1, -0.05) is 24.5 Å². The Morgan fingerprint density at radius 2 is 2.20 bits per heavy atom. The minimum Gasteiger partial charge on any atom is -0.394 e. The lowest BCUT2D eigenvalue weighted by Gasteiger charge is -2.31. The third kappa shape index (κ3) is 2.82. The molecule has 0 heterocycles. The van der Waals surface area contributed by atoms with E-state index in [0.717, 1.165) is 6.42 Å². The first-order chi connectivity index (χ1) is 7.42. The Hall–Kier alpha value is -0.340. The van der Waals surface area contributed by atoms with Gasteiger partial charge in [-0.2, -0.15) is 0 Å². The number of aliphatic hydroxyl groups excluding tert-OH is 1. The molecule has 0 aromatic heterocycles. The molecule has 2 atom stereocenters. The molecular formula is C13H22O2. The topological polar surface area (TPSA) is 29.5 Å². The Morgan fingerprint density at radius 3 is 3.07 bits per heavy atom. The molecule has 0 aliphatic heterocycles. The number of ether oxygens (including phenoxy) is 1. The molecule has 86 valence electrons. The van der Waals surface area contributed by atoms with E-state index in [2.05, 4.69) is 6.08 Å². The SMILES string of the molecule is OCCO[C@H]1CCC=C2CCCCC[C@H]21. The summed E-state index contributed by atoms with van der Waals surface area (Å²) in [6.07, 6.45) is 11.8. The summed E-state index contributed by atoms with van der Waals surface area (Å²) in [5, 5.41) is 8.81. The maximum Gasteiger partial charge on any atom is 0.0701 e. The zero-order valence-electron chi connectivity index (χ0n) is 9.45. The molecule has 0 bridgehead atoms. The highest BCUT2D eigenvalue weighted by Crippen LogP contribution is 2.36. The van der Waals surface area contributed by atoms with Gasteiger partial charge in [-0.3, -0.25) is 0 Å². The maximum atomic E-state index is 8.81. The fourth-order valence-electron chi connectivity index (χ4n) is 2.96.